The summed E-state index contributed by atoms with van der Waals surface area (Å²) in [5.74, 6) is -2.78. The van der Waals surface area contributed by atoms with Crippen LogP contribution in [-0.2, 0) is 28.7 Å². The fourth-order valence-electron chi connectivity index (χ4n) is 1.70. The molecule has 0 saturated carbocycles. The molecular weight excluding hydrogens is 605 g/mol. The van der Waals surface area contributed by atoms with Crippen molar-refractivity contribution in [3.05, 3.63) is 70.8 Å². The number of rotatable bonds is 7. The molecule has 0 aliphatic rings. The molecule has 1 unspecified atom stereocenters. The van der Waals surface area contributed by atoms with Crippen LogP contribution in [0.5, 0.6) is 0 Å². The summed E-state index contributed by atoms with van der Waals surface area (Å²) in [4.78, 5) is 49.0. The molecule has 0 aromatic heterocycles. The quantitative estimate of drug-likeness (QED) is 0.0465. The molecule has 0 saturated heterocycles. The van der Waals surface area contributed by atoms with E-state index >= 15 is 0 Å². The van der Waals surface area contributed by atoms with Crippen LogP contribution in [0.3, 0.4) is 0 Å². The van der Waals surface area contributed by atoms with Crippen LogP contribution >= 0.6 is 23.2 Å². The summed E-state index contributed by atoms with van der Waals surface area (Å²) in [7, 11) is 0. The number of hydrogen-bond donors (Lipinski definition) is 2. The number of carboxylic acid groups (broad SMARTS) is 1. The molecule has 0 aliphatic carbocycles. The molecule has 17 heteroatoms. The van der Waals surface area contributed by atoms with Crippen molar-refractivity contribution in [2.45, 2.75) is 33.1 Å². The number of hydrogen-bond acceptors (Lipinski definition) is 13. The van der Waals surface area contributed by atoms with Gasteiger partial charge in [-0.15, -0.1) is 16.9 Å². The summed E-state index contributed by atoms with van der Waals surface area (Å²) in [6.07, 6.45) is 0. The normalized spacial score (nSPS) is 9.37. The van der Waals surface area contributed by atoms with E-state index in [4.69, 9.17) is 49.0 Å². The van der Waals surface area contributed by atoms with Crippen molar-refractivity contribution in [3.63, 3.8) is 0 Å². The Balaban J connectivity index is -0.000000145. The number of carbonyl (C=O) groups excluding carboxylic acids is 4. The Morgan fingerprint density at radius 2 is 1.32 bits per heavy atom. The van der Waals surface area contributed by atoms with Gasteiger partial charge in [-0.1, -0.05) is 48.0 Å². The number of nitrogen functional groups attached to an aromatic ring is 1. The standard InChI is InChI=1S/C10H11ClN2O2.C6H9ClO3.C6H7N.C2H4O2.HNO2.2Na/c1-2-15-10(14)9(11)13-12-8-6-4-3-5-7-8;1-3-10-6(9)5(7)4(2)8;7-6-4-2-1-3-5-6;1-2(3)4;2-1-3;;/h3-7,12H,2H2,1H3;5H,3H2,1-2H3;1-5H,7H2;1H3,(H,3,4);(H,2,3);;/q;;;;;2*+1/p-2/b13-9-;;;;;;. The van der Waals surface area contributed by atoms with Gasteiger partial charge in [0, 0.05) is 11.7 Å². The molecule has 0 amide bonds. The number of nitrogens with two attached hydrogens (primary N) is 1. The van der Waals surface area contributed by atoms with Crippen LogP contribution in [0.25, 0.3) is 0 Å². The van der Waals surface area contributed by atoms with Crippen LogP contribution in [0.4, 0.5) is 11.4 Å². The number of ether oxygens (including phenoxy) is 2. The van der Waals surface area contributed by atoms with Crippen LogP contribution in [-0.4, -0.2) is 47.5 Å². The smallest absolute Gasteiger partial charge is 0.550 e. The number of alkyl halides is 1. The third kappa shape index (κ3) is 35.7. The Kier molecular flexibility index (Phi) is 40.2. The summed E-state index contributed by atoms with van der Waals surface area (Å²) in [5, 5.41) is 20.2. The van der Waals surface area contributed by atoms with Gasteiger partial charge in [-0.25, -0.2) is 9.59 Å². The van der Waals surface area contributed by atoms with Gasteiger partial charge in [0.2, 0.25) is 5.17 Å². The molecular formula is C24H30Cl2N4Na2O9. The molecule has 0 aliphatic heterocycles. The maximum atomic E-state index is 11.0. The van der Waals surface area contributed by atoms with Crippen molar-refractivity contribution in [2.24, 2.45) is 10.4 Å². The van der Waals surface area contributed by atoms with Gasteiger partial charge in [0.05, 0.1) is 18.9 Å². The minimum atomic E-state index is -1.14. The first kappa shape index (κ1) is 48.5. The number of nitrogens with one attached hydrogen (secondary N) is 1. The van der Waals surface area contributed by atoms with Gasteiger partial charge < -0.3 is 35.2 Å². The zero-order chi connectivity index (χ0) is 30.6. The average molecular weight is 635 g/mol. The Labute approximate surface area is 292 Å². The van der Waals surface area contributed by atoms with E-state index < -0.39 is 23.3 Å². The first-order chi connectivity index (χ1) is 18.4. The van der Waals surface area contributed by atoms with Gasteiger partial charge in [0.25, 0.3) is 0 Å². The first-order valence-electron chi connectivity index (χ1n) is 10.8. The van der Waals surface area contributed by atoms with E-state index in [0.29, 0.717) is 0 Å². The zero-order valence-corrected chi connectivity index (χ0v) is 29.2. The fourth-order valence-corrected chi connectivity index (χ4v) is 1.86. The maximum absolute atomic E-state index is 11.0. The summed E-state index contributed by atoms with van der Waals surface area (Å²) >= 11 is 10.9. The SMILES string of the molecule is CC(=O)[O-].CCOC(=O)/C(Cl)=N/Nc1ccccc1.CCOC(=O)C(Cl)C(C)=O.Nc1ccccc1.O=N[O-].[Na+].[Na+]. The molecule has 0 fully saturated rings. The second kappa shape index (κ2) is 34.0. The summed E-state index contributed by atoms with van der Waals surface area (Å²) in [5.41, 5.74) is 9.57. The third-order valence-electron chi connectivity index (χ3n) is 3.15. The number of nitrogens with zero attached hydrogens (tertiary/aromatic N) is 2. The zero-order valence-electron chi connectivity index (χ0n) is 23.7. The van der Waals surface area contributed by atoms with Crippen molar-refractivity contribution in [3.8, 4) is 0 Å². The van der Waals surface area contributed by atoms with E-state index in [1.165, 1.54) is 6.92 Å². The van der Waals surface area contributed by atoms with Crippen LogP contribution < -0.4 is 75.4 Å². The number of carbonyl (C=O) groups is 4. The van der Waals surface area contributed by atoms with E-state index in [1.54, 1.807) is 26.0 Å². The van der Waals surface area contributed by atoms with E-state index in [2.05, 4.69) is 20.0 Å². The number of anilines is 2. The van der Waals surface area contributed by atoms with Crippen LogP contribution in [0.2, 0.25) is 0 Å². The summed E-state index contributed by atoms with van der Waals surface area (Å²) in [6, 6.07) is 18.7. The van der Waals surface area contributed by atoms with Crippen molar-refractivity contribution in [1.29, 1.82) is 0 Å². The fraction of sp³-hybridized carbons (Fsp3) is 0.292. The van der Waals surface area contributed by atoms with E-state index in [1.807, 2.05) is 48.5 Å². The first-order valence-corrected chi connectivity index (χ1v) is 11.6. The molecule has 0 bridgehead atoms. The third-order valence-corrected chi connectivity index (χ3v) is 3.88. The number of Topliss-reactive ketones (excluding diaryl/α,β-unsaturated/α-hetero) is 1. The maximum Gasteiger partial charge on any atom is 1.00 e. The molecule has 0 radical (unpaired) electrons. The van der Waals surface area contributed by atoms with Crippen LogP contribution in [0.15, 0.2) is 71.1 Å². The number of carboxylic acids is 1. The van der Waals surface area contributed by atoms with Crippen LogP contribution in [0, 0.1) is 10.1 Å². The van der Waals surface area contributed by atoms with E-state index in [0.717, 1.165) is 23.6 Å². The molecule has 1 atom stereocenters. The van der Waals surface area contributed by atoms with Gasteiger partial charge in [-0.3, -0.25) is 10.2 Å². The largest absolute Gasteiger partial charge is 1.00 e. The molecule has 2 rings (SSSR count). The monoisotopic (exact) mass is 634 g/mol. The number of para-hydroxylation sites is 2. The second-order valence-corrected chi connectivity index (χ2v) is 7.10. The number of benzene rings is 2. The van der Waals surface area contributed by atoms with E-state index in [-0.39, 0.29) is 83.3 Å². The molecule has 2 aromatic carbocycles. The minimum absolute atomic E-state index is 0. The Hall–Kier alpha value is -2.23. The molecule has 3 N–H and O–H groups in total. The molecule has 41 heavy (non-hydrogen) atoms. The number of hydrazone groups is 1. The summed E-state index contributed by atoms with van der Waals surface area (Å²) < 4.78 is 9.12. The number of ketones is 1. The molecule has 13 nitrogen and oxygen atoms in total. The van der Waals surface area contributed by atoms with Gasteiger partial charge in [0.1, 0.15) is 0 Å². The minimum Gasteiger partial charge on any atom is -0.550 e. The molecule has 2 aromatic rings. The Morgan fingerprint density at radius 3 is 1.63 bits per heavy atom. The molecule has 216 valence electrons. The Morgan fingerprint density at radius 1 is 0.927 bits per heavy atom. The van der Waals surface area contributed by atoms with Crippen molar-refractivity contribution in [2.75, 3.05) is 24.4 Å². The predicted octanol–water partition coefficient (Wildman–Crippen LogP) is -2.76. The summed E-state index contributed by atoms with van der Waals surface area (Å²) in [6.45, 7) is 6.09. The van der Waals surface area contributed by atoms with Gasteiger partial charge in [0.15, 0.2) is 11.2 Å². The van der Waals surface area contributed by atoms with Crippen molar-refractivity contribution < 1.29 is 92.9 Å². The van der Waals surface area contributed by atoms with Gasteiger partial charge in [-0.05, 0) is 52.0 Å². The topological polar surface area (TPSA) is 213 Å². The molecule has 0 heterocycles. The van der Waals surface area contributed by atoms with E-state index in [9.17, 15) is 14.4 Å². The number of esters is 2. The number of halogens is 2. The van der Waals surface area contributed by atoms with Gasteiger partial charge in [-0.2, -0.15) is 5.10 Å². The Bertz CT molecular complexity index is 1000. The predicted molar refractivity (Wildman–Crippen MR) is 148 cm³/mol. The van der Waals surface area contributed by atoms with Gasteiger partial charge >= 0.3 is 71.1 Å². The van der Waals surface area contributed by atoms with Crippen LogP contribution in [0.1, 0.15) is 27.7 Å². The number of aliphatic carboxylic acids is 1. The molecule has 0 spiro atoms. The van der Waals surface area contributed by atoms with Crippen molar-refractivity contribution >= 4 is 63.4 Å². The average Bonchev–Trinajstić information content (AvgIpc) is 2.89. The second-order valence-electron chi connectivity index (χ2n) is 6.30. The van der Waals surface area contributed by atoms with Crippen molar-refractivity contribution in [1.82, 2.24) is 0 Å².